The van der Waals surface area contributed by atoms with E-state index in [9.17, 15) is 0 Å². The molecule has 2 rings (SSSR count). The van der Waals surface area contributed by atoms with E-state index < -0.39 is 0 Å². The predicted octanol–water partition coefficient (Wildman–Crippen LogP) is 3.47. The lowest BCUT2D eigenvalue weighted by atomic mass is 9.99. The van der Waals surface area contributed by atoms with Crippen LogP contribution in [0.2, 0.25) is 5.02 Å². The maximum absolute atomic E-state index is 6.22. The lowest BCUT2D eigenvalue weighted by Crippen LogP contribution is -2.33. The fraction of sp³-hybridized carbons (Fsp3) is 0.667. The van der Waals surface area contributed by atoms with Crippen LogP contribution in [0, 0.1) is 5.92 Å². The molecule has 1 N–H and O–H groups in total. The SMILES string of the molecule is CC1CCN(c2ccc(Cl)c(CNC(C)C)n2)CC1. The molecule has 0 unspecified atom stereocenters. The first kappa shape index (κ1) is 14.6. The highest BCUT2D eigenvalue weighted by atomic mass is 35.5. The molecule has 0 saturated carbocycles. The summed E-state index contributed by atoms with van der Waals surface area (Å²) >= 11 is 6.22. The molecule has 2 heterocycles. The van der Waals surface area contributed by atoms with E-state index in [0.29, 0.717) is 6.04 Å². The molecule has 1 aliphatic heterocycles. The van der Waals surface area contributed by atoms with Gasteiger partial charge in [-0.1, -0.05) is 32.4 Å². The van der Waals surface area contributed by atoms with E-state index in [1.807, 2.05) is 12.1 Å². The minimum atomic E-state index is 0.442. The number of piperidine rings is 1. The van der Waals surface area contributed by atoms with Gasteiger partial charge in [-0.3, -0.25) is 0 Å². The Hall–Kier alpha value is -0.800. The molecule has 1 fully saturated rings. The Morgan fingerprint density at radius 3 is 2.68 bits per heavy atom. The second-order valence-electron chi connectivity index (χ2n) is 5.80. The number of aromatic nitrogens is 1. The van der Waals surface area contributed by atoms with Gasteiger partial charge < -0.3 is 10.2 Å². The first-order valence-corrected chi connectivity index (χ1v) is 7.58. The molecule has 1 aromatic rings. The van der Waals surface area contributed by atoms with Gasteiger partial charge in [0.05, 0.1) is 10.7 Å². The van der Waals surface area contributed by atoms with Crippen molar-refractivity contribution in [2.24, 2.45) is 5.92 Å². The third-order valence-corrected chi connectivity index (χ3v) is 4.03. The number of rotatable bonds is 4. The van der Waals surface area contributed by atoms with Crippen molar-refractivity contribution in [1.29, 1.82) is 0 Å². The molecule has 0 aliphatic carbocycles. The van der Waals surface area contributed by atoms with Gasteiger partial charge in [0.25, 0.3) is 0 Å². The summed E-state index contributed by atoms with van der Waals surface area (Å²) in [5, 5.41) is 4.13. The number of pyridine rings is 1. The van der Waals surface area contributed by atoms with E-state index >= 15 is 0 Å². The number of halogens is 1. The molecule has 1 aliphatic rings. The average molecular weight is 282 g/mol. The minimum Gasteiger partial charge on any atom is -0.357 e. The lowest BCUT2D eigenvalue weighted by Gasteiger charge is -2.31. The van der Waals surface area contributed by atoms with Crippen LogP contribution in [0.3, 0.4) is 0 Å². The van der Waals surface area contributed by atoms with E-state index in [2.05, 4.69) is 31.0 Å². The molecule has 19 heavy (non-hydrogen) atoms. The zero-order chi connectivity index (χ0) is 13.8. The fourth-order valence-electron chi connectivity index (χ4n) is 2.31. The Kier molecular flexibility index (Phi) is 5.06. The Morgan fingerprint density at radius 1 is 1.37 bits per heavy atom. The van der Waals surface area contributed by atoms with Crippen LogP contribution < -0.4 is 10.2 Å². The summed E-state index contributed by atoms with van der Waals surface area (Å²) < 4.78 is 0. The van der Waals surface area contributed by atoms with Gasteiger partial charge in [-0.15, -0.1) is 0 Å². The maximum atomic E-state index is 6.22. The van der Waals surface area contributed by atoms with E-state index in [1.54, 1.807) is 0 Å². The Bertz CT molecular complexity index is 412. The van der Waals surface area contributed by atoms with E-state index in [4.69, 9.17) is 16.6 Å². The Morgan fingerprint density at radius 2 is 2.05 bits per heavy atom. The molecule has 3 nitrogen and oxygen atoms in total. The molecule has 0 bridgehead atoms. The molecular formula is C15H24ClN3. The quantitative estimate of drug-likeness (QED) is 0.916. The summed E-state index contributed by atoms with van der Waals surface area (Å²) in [6, 6.07) is 4.45. The minimum absolute atomic E-state index is 0.442. The number of hydrogen-bond acceptors (Lipinski definition) is 3. The second-order valence-corrected chi connectivity index (χ2v) is 6.21. The first-order valence-electron chi connectivity index (χ1n) is 7.20. The Labute approximate surface area is 121 Å². The standard InChI is InChI=1S/C15H24ClN3/c1-11(2)17-10-14-13(16)4-5-15(18-14)19-8-6-12(3)7-9-19/h4-5,11-12,17H,6-10H2,1-3H3. The second kappa shape index (κ2) is 6.58. The third kappa shape index (κ3) is 4.08. The highest BCUT2D eigenvalue weighted by molar-refractivity contribution is 6.31. The summed E-state index contributed by atoms with van der Waals surface area (Å²) in [6.45, 7) is 9.52. The van der Waals surface area contributed by atoms with Crippen LogP contribution in [-0.2, 0) is 6.54 Å². The molecule has 1 aromatic heterocycles. The van der Waals surface area contributed by atoms with Crippen molar-refractivity contribution in [3.05, 3.63) is 22.8 Å². The van der Waals surface area contributed by atoms with Gasteiger partial charge in [-0.25, -0.2) is 4.98 Å². The zero-order valence-electron chi connectivity index (χ0n) is 12.1. The monoisotopic (exact) mass is 281 g/mol. The number of nitrogens with zero attached hydrogens (tertiary/aromatic N) is 2. The smallest absolute Gasteiger partial charge is 0.128 e. The average Bonchev–Trinajstić information content (AvgIpc) is 2.39. The van der Waals surface area contributed by atoms with Crippen LogP contribution in [-0.4, -0.2) is 24.1 Å². The van der Waals surface area contributed by atoms with Gasteiger partial charge in [0, 0.05) is 25.7 Å². The van der Waals surface area contributed by atoms with Crippen molar-refractivity contribution >= 4 is 17.4 Å². The predicted molar refractivity (Wildman–Crippen MR) is 81.8 cm³/mol. The fourth-order valence-corrected chi connectivity index (χ4v) is 2.48. The molecule has 106 valence electrons. The topological polar surface area (TPSA) is 28.2 Å². The molecule has 1 saturated heterocycles. The van der Waals surface area contributed by atoms with E-state index in [0.717, 1.165) is 42.1 Å². The summed E-state index contributed by atoms with van der Waals surface area (Å²) in [6.07, 6.45) is 2.51. The van der Waals surface area contributed by atoms with Crippen molar-refractivity contribution in [3.8, 4) is 0 Å². The molecular weight excluding hydrogens is 258 g/mol. The van der Waals surface area contributed by atoms with Crippen molar-refractivity contribution in [2.75, 3.05) is 18.0 Å². The highest BCUT2D eigenvalue weighted by Crippen LogP contribution is 2.24. The van der Waals surface area contributed by atoms with Crippen LogP contribution in [0.15, 0.2) is 12.1 Å². The summed E-state index contributed by atoms with van der Waals surface area (Å²) in [5.41, 5.74) is 0.950. The summed E-state index contributed by atoms with van der Waals surface area (Å²) in [5.74, 6) is 1.91. The van der Waals surface area contributed by atoms with Crippen molar-refractivity contribution in [1.82, 2.24) is 10.3 Å². The van der Waals surface area contributed by atoms with Gasteiger partial charge >= 0.3 is 0 Å². The van der Waals surface area contributed by atoms with Crippen LogP contribution in [0.1, 0.15) is 39.3 Å². The van der Waals surface area contributed by atoms with Gasteiger partial charge in [0.2, 0.25) is 0 Å². The Balaban J connectivity index is 2.07. The van der Waals surface area contributed by atoms with Crippen molar-refractivity contribution in [3.63, 3.8) is 0 Å². The van der Waals surface area contributed by atoms with E-state index in [-0.39, 0.29) is 0 Å². The number of anilines is 1. The van der Waals surface area contributed by atoms with Crippen LogP contribution in [0.25, 0.3) is 0 Å². The summed E-state index contributed by atoms with van der Waals surface area (Å²) in [7, 11) is 0. The third-order valence-electron chi connectivity index (χ3n) is 3.69. The zero-order valence-corrected chi connectivity index (χ0v) is 12.9. The van der Waals surface area contributed by atoms with Crippen LogP contribution in [0.5, 0.6) is 0 Å². The normalized spacial score (nSPS) is 17.2. The van der Waals surface area contributed by atoms with Gasteiger partial charge in [-0.05, 0) is 30.9 Å². The molecule has 0 spiro atoms. The molecule has 0 radical (unpaired) electrons. The molecule has 4 heteroatoms. The highest BCUT2D eigenvalue weighted by Gasteiger charge is 2.17. The number of hydrogen-bond donors (Lipinski definition) is 1. The molecule has 0 amide bonds. The number of nitrogens with one attached hydrogen (secondary N) is 1. The van der Waals surface area contributed by atoms with Crippen LogP contribution >= 0.6 is 11.6 Å². The maximum Gasteiger partial charge on any atom is 0.128 e. The van der Waals surface area contributed by atoms with Gasteiger partial charge in [-0.2, -0.15) is 0 Å². The van der Waals surface area contributed by atoms with Crippen LogP contribution in [0.4, 0.5) is 5.82 Å². The molecule has 0 atom stereocenters. The summed E-state index contributed by atoms with van der Waals surface area (Å²) in [4.78, 5) is 7.09. The largest absolute Gasteiger partial charge is 0.357 e. The van der Waals surface area contributed by atoms with E-state index in [1.165, 1.54) is 12.8 Å². The van der Waals surface area contributed by atoms with Gasteiger partial charge in [0.1, 0.15) is 5.82 Å². The van der Waals surface area contributed by atoms with Crippen molar-refractivity contribution < 1.29 is 0 Å². The first-order chi connectivity index (χ1) is 9.06. The van der Waals surface area contributed by atoms with Gasteiger partial charge in [0.15, 0.2) is 0 Å². The lowest BCUT2D eigenvalue weighted by molar-refractivity contribution is 0.436. The molecule has 0 aromatic carbocycles. The van der Waals surface area contributed by atoms with Crippen molar-refractivity contribution in [2.45, 2.75) is 46.2 Å².